The van der Waals surface area contributed by atoms with Gasteiger partial charge in [-0.05, 0) is 61.7 Å². The lowest BCUT2D eigenvalue weighted by molar-refractivity contribution is -0.274. The fourth-order valence-corrected chi connectivity index (χ4v) is 2.27. The van der Waals surface area contributed by atoms with E-state index in [1.54, 1.807) is 6.21 Å². The van der Waals surface area contributed by atoms with E-state index < -0.39 is 6.36 Å². The molecule has 0 radical (unpaired) electrons. The van der Waals surface area contributed by atoms with Gasteiger partial charge < -0.3 is 4.74 Å². The minimum atomic E-state index is -4.68. The number of rotatable bonds is 3. The van der Waals surface area contributed by atoms with Crippen LogP contribution in [0.25, 0.3) is 0 Å². The second-order valence-electron chi connectivity index (χ2n) is 5.11. The quantitative estimate of drug-likeness (QED) is 0.709. The Morgan fingerprint density at radius 3 is 2.00 bits per heavy atom. The summed E-state index contributed by atoms with van der Waals surface area (Å²) in [6, 6.07) is 9.58. The molecular formula is C17H16F3NO. The van der Waals surface area contributed by atoms with Crippen molar-refractivity contribution in [1.82, 2.24) is 0 Å². The first-order chi connectivity index (χ1) is 10.2. The van der Waals surface area contributed by atoms with Gasteiger partial charge in [0.1, 0.15) is 5.75 Å². The largest absolute Gasteiger partial charge is 0.573 e. The molecule has 0 amide bonds. The van der Waals surface area contributed by atoms with Gasteiger partial charge in [-0.2, -0.15) is 0 Å². The monoisotopic (exact) mass is 307 g/mol. The number of hydrogen-bond acceptors (Lipinski definition) is 2. The van der Waals surface area contributed by atoms with E-state index in [-0.39, 0.29) is 5.75 Å². The summed E-state index contributed by atoms with van der Waals surface area (Å²) in [7, 11) is 0. The van der Waals surface area contributed by atoms with Crippen molar-refractivity contribution < 1.29 is 17.9 Å². The number of nitrogens with zero attached hydrogens (tertiary/aromatic N) is 1. The molecule has 0 fully saturated rings. The Hall–Kier alpha value is -2.30. The summed E-state index contributed by atoms with van der Waals surface area (Å²) in [6.07, 6.45) is -2.95. The third-order valence-electron chi connectivity index (χ3n) is 3.15. The predicted molar refractivity (Wildman–Crippen MR) is 81.0 cm³/mol. The van der Waals surface area contributed by atoms with Crippen LogP contribution in [0.5, 0.6) is 5.75 Å². The molecule has 0 N–H and O–H groups in total. The number of ether oxygens (including phenoxy) is 1. The highest BCUT2D eigenvalue weighted by atomic mass is 19.4. The molecule has 22 heavy (non-hydrogen) atoms. The topological polar surface area (TPSA) is 21.6 Å². The van der Waals surface area contributed by atoms with Gasteiger partial charge in [-0.25, -0.2) is 0 Å². The van der Waals surface area contributed by atoms with E-state index in [0.717, 1.165) is 16.7 Å². The van der Waals surface area contributed by atoms with E-state index in [1.807, 2.05) is 20.8 Å². The minimum Gasteiger partial charge on any atom is -0.406 e. The van der Waals surface area contributed by atoms with Gasteiger partial charge in [0.25, 0.3) is 0 Å². The van der Waals surface area contributed by atoms with Crippen LogP contribution in [0.2, 0.25) is 0 Å². The number of benzene rings is 2. The second-order valence-corrected chi connectivity index (χ2v) is 5.11. The normalized spacial score (nSPS) is 11.9. The molecular weight excluding hydrogens is 291 g/mol. The lowest BCUT2D eigenvalue weighted by Gasteiger charge is -2.08. The predicted octanol–water partition coefficient (Wildman–Crippen LogP) is 5.26. The number of aliphatic imine (C=N–C) groups is 1. The van der Waals surface area contributed by atoms with Crippen molar-refractivity contribution in [3.63, 3.8) is 0 Å². The van der Waals surface area contributed by atoms with Crippen LogP contribution in [0.1, 0.15) is 22.3 Å². The number of hydrogen-bond donors (Lipinski definition) is 0. The molecule has 0 spiro atoms. The van der Waals surface area contributed by atoms with Crippen molar-refractivity contribution in [3.8, 4) is 5.75 Å². The molecule has 0 aromatic heterocycles. The highest BCUT2D eigenvalue weighted by Crippen LogP contribution is 2.25. The fraction of sp³-hybridized carbons (Fsp3) is 0.235. The zero-order chi connectivity index (χ0) is 16.3. The van der Waals surface area contributed by atoms with Gasteiger partial charge in [-0.1, -0.05) is 17.7 Å². The van der Waals surface area contributed by atoms with Gasteiger partial charge in [0, 0.05) is 6.21 Å². The van der Waals surface area contributed by atoms with Crippen molar-refractivity contribution in [1.29, 1.82) is 0 Å². The van der Waals surface area contributed by atoms with Crippen LogP contribution < -0.4 is 4.74 Å². The third kappa shape index (κ3) is 4.35. The Balaban J connectivity index is 2.17. The van der Waals surface area contributed by atoms with Gasteiger partial charge in [0.2, 0.25) is 0 Å². The van der Waals surface area contributed by atoms with Crippen LogP contribution in [0.3, 0.4) is 0 Å². The summed E-state index contributed by atoms with van der Waals surface area (Å²) in [6.45, 7) is 6.03. The summed E-state index contributed by atoms with van der Waals surface area (Å²) in [5.74, 6) is -0.255. The van der Waals surface area contributed by atoms with E-state index in [9.17, 15) is 13.2 Å². The third-order valence-corrected chi connectivity index (χ3v) is 3.15. The molecule has 0 bridgehead atoms. The van der Waals surface area contributed by atoms with Crippen LogP contribution in [0.15, 0.2) is 41.4 Å². The molecule has 116 valence electrons. The van der Waals surface area contributed by atoms with E-state index in [0.29, 0.717) is 5.69 Å². The van der Waals surface area contributed by atoms with Crippen LogP contribution >= 0.6 is 0 Å². The van der Waals surface area contributed by atoms with E-state index >= 15 is 0 Å². The van der Waals surface area contributed by atoms with Crippen molar-refractivity contribution in [2.24, 2.45) is 4.99 Å². The molecule has 0 heterocycles. The molecule has 0 saturated carbocycles. The molecule has 2 aromatic carbocycles. The Morgan fingerprint density at radius 1 is 0.955 bits per heavy atom. The molecule has 0 saturated heterocycles. The zero-order valence-corrected chi connectivity index (χ0v) is 12.5. The molecule has 0 atom stereocenters. The fourth-order valence-electron chi connectivity index (χ4n) is 2.27. The first-order valence-corrected chi connectivity index (χ1v) is 6.72. The zero-order valence-electron chi connectivity index (χ0n) is 12.5. The number of aryl methyl sites for hydroxylation is 3. The molecule has 0 aliphatic carbocycles. The average molecular weight is 307 g/mol. The smallest absolute Gasteiger partial charge is 0.406 e. The Morgan fingerprint density at radius 2 is 1.50 bits per heavy atom. The summed E-state index contributed by atoms with van der Waals surface area (Å²) in [5, 5.41) is 0. The van der Waals surface area contributed by atoms with Gasteiger partial charge >= 0.3 is 6.36 Å². The van der Waals surface area contributed by atoms with Crippen LogP contribution in [0.4, 0.5) is 18.9 Å². The molecule has 0 aliphatic heterocycles. The second kappa shape index (κ2) is 6.22. The average Bonchev–Trinajstić information content (AvgIpc) is 2.37. The number of halogens is 3. The van der Waals surface area contributed by atoms with Crippen molar-refractivity contribution in [3.05, 3.63) is 58.7 Å². The van der Waals surface area contributed by atoms with Gasteiger partial charge in [-0.15, -0.1) is 13.2 Å². The van der Waals surface area contributed by atoms with Gasteiger partial charge in [0.05, 0.1) is 5.69 Å². The summed E-state index contributed by atoms with van der Waals surface area (Å²) < 4.78 is 40.1. The maximum atomic E-state index is 12.1. The lowest BCUT2D eigenvalue weighted by Crippen LogP contribution is -2.16. The van der Waals surface area contributed by atoms with Crippen LogP contribution in [-0.2, 0) is 0 Å². The standard InChI is InChI=1S/C17H16F3NO/c1-11-8-12(2)16(13(3)9-11)10-21-14-4-6-15(7-5-14)22-17(18,19)20/h4-10H,1-3H3. The SMILES string of the molecule is Cc1cc(C)c(C=Nc2ccc(OC(F)(F)F)cc2)c(C)c1. The molecule has 2 rings (SSSR count). The number of alkyl halides is 3. The van der Waals surface area contributed by atoms with E-state index in [1.165, 1.54) is 29.8 Å². The Kier molecular flexibility index (Phi) is 4.54. The molecule has 5 heteroatoms. The highest BCUT2D eigenvalue weighted by molar-refractivity contribution is 5.85. The molecule has 2 aromatic rings. The first-order valence-electron chi connectivity index (χ1n) is 6.72. The first kappa shape index (κ1) is 16.1. The van der Waals surface area contributed by atoms with Crippen molar-refractivity contribution in [2.75, 3.05) is 0 Å². The van der Waals surface area contributed by atoms with Gasteiger partial charge in [0.15, 0.2) is 0 Å². The Bertz CT molecular complexity index is 665. The maximum Gasteiger partial charge on any atom is 0.573 e. The maximum absolute atomic E-state index is 12.1. The lowest BCUT2D eigenvalue weighted by atomic mass is 10.0. The Labute approximate surface area is 127 Å². The molecule has 0 aliphatic rings. The van der Waals surface area contributed by atoms with Crippen LogP contribution in [0, 0.1) is 20.8 Å². The van der Waals surface area contributed by atoms with E-state index in [2.05, 4.69) is 21.9 Å². The van der Waals surface area contributed by atoms with Crippen LogP contribution in [-0.4, -0.2) is 12.6 Å². The van der Waals surface area contributed by atoms with Gasteiger partial charge in [-0.3, -0.25) is 4.99 Å². The summed E-state index contributed by atoms with van der Waals surface area (Å²) >= 11 is 0. The minimum absolute atomic E-state index is 0.255. The summed E-state index contributed by atoms with van der Waals surface area (Å²) in [5.41, 5.74) is 4.98. The molecule has 0 unspecified atom stereocenters. The van der Waals surface area contributed by atoms with E-state index in [4.69, 9.17) is 0 Å². The van der Waals surface area contributed by atoms with Crippen molar-refractivity contribution >= 4 is 11.9 Å². The highest BCUT2D eigenvalue weighted by Gasteiger charge is 2.30. The van der Waals surface area contributed by atoms with Crippen molar-refractivity contribution in [2.45, 2.75) is 27.1 Å². The summed E-state index contributed by atoms with van der Waals surface area (Å²) in [4.78, 5) is 4.30. The molecule has 2 nitrogen and oxygen atoms in total.